The molecule has 1 heterocycles. The Balaban J connectivity index is 1.16. The van der Waals surface area contributed by atoms with E-state index in [0.717, 1.165) is 88.7 Å². The maximum absolute atomic E-state index is 9.66. The molecule has 2 nitrogen and oxygen atoms in total. The first kappa shape index (κ1) is 28.7. The predicted octanol–water partition coefficient (Wildman–Crippen LogP) is 14.9. The van der Waals surface area contributed by atoms with Gasteiger partial charge >= 0.3 is 0 Å². The average molecular weight is 753 g/mol. The van der Waals surface area contributed by atoms with Crippen molar-refractivity contribution in [1.29, 1.82) is 0 Å². The van der Waals surface area contributed by atoms with Gasteiger partial charge in [-0.2, -0.15) is 0 Å². The zero-order valence-corrected chi connectivity index (χ0v) is 31.9. The molecule has 0 amide bonds. The summed E-state index contributed by atoms with van der Waals surface area (Å²) >= 11 is 0. The standard InChI is InChI=1S/C57H36N2/c1-2-18-38(19-3-1)58-53-30-13-9-24-44(53)45-33-32-39(36-55(45)58)59(52-31-14-17-37-16-4-5-20-40(37)52)54-35-34-51-56-46(25-15-26-47(54)56)43-23-8-12-29-50(43)57(51)48-27-10-6-21-41(48)42-22-7-11-28-49(42)57/h1-36H/i6D,10D,21D,27D. The van der Waals surface area contributed by atoms with E-state index in [2.05, 4.69) is 185 Å². The van der Waals surface area contributed by atoms with Gasteiger partial charge in [0.05, 0.1) is 33.3 Å². The van der Waals surface area contributed by atoms with Crippen LogP contribution in [0.3, 0.4) is 0 Å². The Morgan fingerprint density at radius 2 is 1.03 bits per heavy atom. The summed E-state index contributed by atoms with van der Waals surface area (Å²) in [4.78, 5) is 2.41. The van der Waals surface area contributed by atoms with Crippen LogP contribution < -0.4 is 4.90 Å². The van der Waals surface area contributed by atoms with Gasteiger partial charge in [0.25, 0.3) is 0 Å². The molecule has 59 heavy (non-hydrogen) atoms. The molecule has 274 valence electrons. The second-order valence-electron chi connectivity index (χ2n) is 15.7. The lowest BCUT2D eigenvalue weighted by molar-refractivity contribution is 0.773. The lowest BCUT2D eigenvalue weighted by atomic mass is 9.61. The van der Waals surface area contributed by atoms with Gasteiger partial charge in [-0.25, -0.2) is 0 Å². The first-order chi connectivity index (χ1) is 31.0. The Morgan fingerprint density at radius 1 is 0.407 bits per heavy atom. The Bertz CT molecular complexity index is 3750. The van der Waals surface area contributed by atoms with Crippen molar-refractivity contribution in [3.05, 3.63) is 241 Å². The molecule has 1 atom stereocenters. The number of hydrogen-bond donors (Lipinski definition) is 0. The van der Waals surface area contributed by atoms with Crippen molar-refractivity contribution in [2.45, 2.75) is 5.41 Å². The number of anilines is 3. The summed E-state index contributed by atoms with van der Waals surface area (Å²) in [5.41, 5.74) is 12.5. The van der Waals surface area contributed by atoms with E-state index < -0.39 is 5.41 Å². The average Bonchev–Trinajstić information content (AvgIpc) is 3.83. The van der Waals surface area contributed by atoms with Crippen LogP contribution >= 0.6 is 0 Å². The van der Waals surface area contributed by atoms with E-state index in [-0.39, 0.29) is 24.2 Å². The zero-order chi connectivity index (χ0) is 42.1. The molecule has 10 aromatic carbocycles. The summed E-state index contributed by atoms with van der Waals surface area (Å²) < 4.78 is 39.2. The second-order valence-corrected chi connectivity index (χ2v) is 15.7. The van der Waals surface area contributed by atoms with Gasteiger partial charge in [-0.05, 0) is 97.7 Å². The number of rotatable bonds is 4. The number of benzene rings is 10. The van der Waals surface area contributed by atoms with Gasteiger partial charge in [0.15, 0.2) is 0 Å². The van der Waals surface area contributed by atoms with Gasteiger partial charge in [-0.1, -0.05) is 176 Å². The van der Waals surface area contributed by atoms with Crippen LogP contribution in [0.15, 0.2) is 218 Å². The first-order valence-corrected chi connectivity index (χ1v) is 20.2. The fourth-order valence-electron chi connectivity index (χ4n) is 10.6. The van der Waals surface area contributed by atoms with Gasteiger partial charge < -0.3 is 9.47 Å². The maximum atomic E-state index is 9.66. The van der Waals surface area contributed by atoms with Gasteiger partial charge in [-0.3, -0.25) is 0 Å². The molecule has 2 aliphatic rings. The molecule has 0 saturated heterocycles. The Morgan fingerprint density at radius 3 is 1.90 bits per heavy atom. The number of fused-ring (bicyclic) bond motifs is 13. The van der Waals surface area contributed by atoms with E-state index in [1.165, 1.54) is 10.8 Å². The monoisotopic (exact) mass is 752 g/mol. The highest BCUT2D eigenvalue weighted by Crippen LogP contribution is 2.62. The molecule has 0 radical (unpaired) electrons. The fourth-order valence-corrected chi connectivity index (χ4v) is 10.6. The van der Waals surface area contributed by atoms with Crippen molar-refractivity contribution in [3.63, 3.8) is 0 Å². The van der Waals surface area contributed by atoms with Crippen LogP contribution in [0.4, 0.5) is 17.1 Å². The number of aromatic nitrogens is 1. The normalized spacial score (nSPS) is 15.8. The topological polar surface area (TPSA) is 8.17 Å². The third-order valence-corrected chi connectivity index (χ3v) is 12.9. The molecule has 0 aliphatic heterocycles. The molecule has 13 rings (SSSR count). The molecule has 0 saturated carbocycles. The SMILES string of the molecule is [2H]c1c([2H])c([2H])c2c(c1[2H])-c1ccccc1C21c2ccccc2-c2cccc3c(N(c4ccc5c6ccccc6n(-c6ccccc6)c5c4)c4cccc5ccccc45)ccc1c23. The molecular formula is C57H36N2. The van der Waals surface area contributed by atoms with Crippen molar-refractivity contribution in [3.8, 4) is 27.9 Å². The molecule has 2 aliphatic carbocycles. The Hall–Kier alpha value is -7.68. The van der Waals surface area contributed by atoms with E-state index >= 15 is 0 Å². The Kier molecular flexibility index (Phi) is 5.91. The summed E-state index contributed by atoms with van der Waals surface area (Å²) in [5.74, 6) is 0. The second kappa shape index (κ2) is 12.2. The number of para-hydroxylation sites is 2. The summed E-state index contributed by atoms with van der Waals surface area (Å²) in [5, 5.41) is 6.75. The molecule has 1 unspecified atom stereocenters. The molecular weight excluding hydrogens is 713 g/mol. The van der Waals surface area contributed by atoms with Crippen LogP contribution in [0, 0.1) is 0 Å². The molecule has 0 N–H and O–H groups in total. The minimum Gasteiger partial charge on any atom is -0.309 e. The van der Waals surface area contributed by atoms with Crippen molar-refractivity contribution in [2.24, 2.45) is 0 Å². The third-order valence-electron chi connectivity index (χ3n) is 12.9. The largest absolute Gasteiger partial charge is 0.309 e. The van der Waals surface area contributed by atoms with Crippen molar-refractivity contribution in [2.75, 3.05) is 4.90 Å². The number of hydrogen-bond acceptors (Lipinski definition) is 1. The minimum absolute atomic E-state index is 0.00639. The van der Waals surface area contributed by atoms with Gasteiger partial charge in [0, 0.05) is 32.9 Å². The third kappa shape index (κ3) is 4.30. The first-order valence-electron chi connectivity index (χ1n) is 22.2. The summed E-state index contributed by atoms with van der Waals surface area (Å²) in [6, 6.07) is 68.3. The van der Waals surface area contributed by atoms with E-state index in [4.69, 9.17) is 2.74 Å². The van der Waals surface area contributed by atoms with Crippen molar-refractivity contribution >= 4 is 60.4 Å². The summed E-state index contributed by atoms with van der Waals surface area (Å²) in [6.07, 6.45) is 0. The summed E-state index contributed by atoms with van der Waals surface area (Å²) in [7, 11) is 0. The van der Waals surface area contributed by atoms with Crippen molar-refractivity contribution < 1.29 is 5.48 Å². The van der Waals surface area contributed by atoms with Crippen LogP contribution in [0.25, 0.3) is 71.3 Å². The van der Waals surface area contributed by atoms with Gasteiger partial charge in [0.1, 0.15) is 0 Å². The van der Waals surface area contributed by atoms with Crippen LogP contribution in [0.1, 0.15) is 27.7 Å². The molecule has 11 aromatic rings. The minimum atomic E-state index is -1.01. The van der Waals surface area contributed by atoms with E-state index in [0.29, 0.717) is 11.1 Å². The van der Waals surface area contributed by atoms with E-state index in [1.54, 1.807) is 0 Å². The molecule has 1 aromatic heterocycles. The lowest BCUT2D eigenvalue weighted by Crippen LogP contribution is -2.32. The molecule has 0 bridgehead atoms. The fraction of sp³-hybridized carbons (Fsp3) is 0.0175. The molecule has 1 spiro atoms. The van der Waals surface area contributed by atoms with Crippen LogP contribution in [0.2, 0.25) is 0 Å². The number of nitrogens with zero attached hydrogens (tertiary/aromatic N) is 2. The van der Waals surface area contributed by atoms with E-state index in [1.807, 2.05) is 18.2 Å². The molecule has 2 heteroatoms. The highest BCUT2D eigenvalue weighted by Gasteiger charge is 2.50. The van der Waals surface area contributed by atoms with E-state index in [9.17, 15) is 2.74 Å². The highest BCUT2D eigenvalue weighted by atomic mass is 15.1. The molecule has 0 fully saturated rings. The highest BCUT2D eigenvalue weighted by molar-refractivity contribution is 6.15. The maximum Gasteiger partial charge on any atom is 0.0725 e. The smallest absolute Gasteiger partial charge is 0.0725 e. The van der Waals surface area contributed by atoms with Crippen LogP contribution in [-0.2, 0) is 5.41 Å². The van der Waals surface area contributed by atoms with Gasteiger partial charge in [0.2, 0.25) is 0 Å². The predicted molar refractivity (Wildman–Crippen MR) is 247 cm³/mol. The Labute approximate surface area is 348 Å². The van der Waals surface area contributed by atoms with Crippen molar-refractivity contribution in [1.82, 2.24) is 4.57 Å². The van der Waals surface area contributed by atoms with Crippen LogP contribution in [-0.4, -0.2) is 4.57 Å². The summed E-state index contributed by atoms with van der Waals surface area (Å²) in [6.45, 7) is 0. The zero-order valence-electron chi connectivity index (χ0n) is 35.9. The van der Waals surface area contributed by atoms with Gasteiger partial charge in [-0.15, -0.1) is 0 Å². The van der Waals surface area contributed by atoms with Crippen LogP contribution in [0.5, 0.6) is 0 Å². The quantitative estimate of drug-likeness (QED) is 0.174. The lowest BCUT2D eigenvalue weighted by Gasteiger charge is -2.40.